The Bertz CT molecular complexity index is 1330. The van der Waals surface area contributed by atoms with Crippen molar-refractivity contribution in [1.29, 1.82) is 0 Å². The number of amides is 1. The lowest BCUT2D eigenvalue weighted by atomic mass is 9.99. The van der Waals surface area contributed by atoms with Gasteiger partial charge < -0.3 is 0 Å². The first-order chi connectivity index (χ1) is 14.6. The fraction of sp³-hybridized carbons (Fsp3) is 0.0385. The van der Waals surface area contributed by atoms with Crippen LogP contribution in [0.25, 0.3) is 28.0 Å². The molecule has 0 atom stereocenters. The Labute approximate surface area is 174 Å². The monoisotopic (exact) mass is 390 g/mol. The second-order valence-corrected chi connectivity index (χ2v) is 7.26. The number of fused-ring (bicyclic) bond motifs is 2. The van der Waals surface area contributed by atoms with Crippen molar-refractivity contribution in [3.8, 4) is 11.1 Å². The first-order valence-corrected chi connectivity index (χ1v) is 9.73. The van der Waals surface area contributed by atoms with Crippen LogP contribution in [0.2, 0.25) is 0 Å². The molecule has 1 aromatic heterocycles. The van der Waals surface area contributed by atoms with Gasteiger partial charge in [-0.2, -0.15) is 0 Å². The number of para-hydroxylation sites is 1. The van der Waals surface area contributed by atoms with E-state index in [9.17, 15) is 9.59 Å². The molecule has 30 heavy (non-hydrogen) atoms. The highest BCUT2D eigenvalue weighted by Gasteiger charge is 2.34. The number of carbonyl (C=O) groups excluding carboxylic acids is 2. The molecule has 4 heteroatoms. The number of Topliss-reactive ketones (excluding diaryl/α,β-unsaturated/α-hetero) is 1. The molecule has 5 rings (SSSR count). The van der Waals surface area contributed by atoms with Gasteiger partial charge in [0.25, 0.3) is 0 Å². The van der Waals surface area contributed by atoms with Crippen LogP contribution in [0.4, 0.5) is 5.69 Å². The molecule has 1 aliphatic heterocycles. The summed E-state index contributed by atoms with van der Waals surface area (Å²) >= 11 is 0. The number of hydrogen-bond donors (Lipinski definition) is 0. The summed E-state index contributed by atoms with van der Waals surface area (Å²) in [6, 6.07) is 23.3. The van der Waals surface area contributed by atoms with Crippen LogP contribution < -0.4 is 4.90 Å². The maximum absolute atomic E-state index is 12.9. The Morgan fingerprint density at radius 1 is 0.867 bits per heavy atom. The van der Waals surface area contributed by atoms with Gasteiger partial charge in [0.1, 0.15) is 0 Å². The lowest BCUT2D eigenvalue weighted by Gasteiger charge is -2.16. The highest BCUT2D eigenvalue weighted by atomic mass is 16.2. The summed E-state index contributed by atoms with van der Waals surface area (Å²) in [5.74, 6) is -0.318. The third-order valence-electron chi connectivity index (χ3n) is 5.37. The number of nitrogens with zero attached hydrogens (tertiary/aromatic N) is 2. The van der Waals surface area contributed by atoms with Crippen molar-refractivity contribution in [2.24, 2.45) is 0 Å². The van der Waals surface area contributed by atoms with Gasteiger partial charge in [-0.1, -0.05) is 60.7 Å². The minimum absolute atomic E-state index is 0.136. The zero-order chi connectivity index (χ0) is 20.7. The van der Waals surface area contributed by atoms with Crippen molar-refractivity contribution in [3.05, 3.63) is 102 Å². The molecule has 0 saturated carbocycles. The quantitative estimate of drug-likeness (QED) is 0.425. The van der Waals surface area contributed by atoms with Crippen molar-refractivity contribution in [1.82, 2.24) is 4.98 Å². The van der Waals surface area contributed by atoms with E-state index < -0.39 is 0 Å². The third-order valence-corrected chi connectivity index (χ3v) is 5.37. The van der Waals surface area contributed by atoms with E-state index in [1.165, 1.54) is 11.8 Å². The topological polar surface area (TPSA) is 50.3 Å². The number of ketones is 1. The summed E-state index contributed by atoms with van der Waals surface area (Å²) in [7, 11) is 0. The zero-order valence-electron chi connectivity index (χ0n) is 16.4. The summed E-state index contributed by atoms with van der Waals surface area (Å²) in [6.07, 6.45) is 5.50. The fourth-order valence-corrected chi connectivity index (χ4v) is 3.96. The molecular weight excluding hydrogens is 372 g/mol. The number of carbonyl (C=O) groups is 2. The van der Waals surface area contributed by atoms with Gasteiger partial charge >= 0.3 is 0 Å². The SMILES string of the molecule is CC(=O)N1/C(=C\c2ccc(-c3cncc4ccccc34)cc2)C(=O)c2ccccc21. The predicted molar refractivity (Wildman–Crippen MR) is 119 cm³/mol. The van der Waals surface area contributed by atoms with Gasteiger partial charge in [-0.3, -0.25) is 19.5 Å². The van der Waals surface area contributed by atoms with Crippen LogP contribution in [-0.4, -0.2) is 16.7 Å². The number of benzene rings is 3. The Kier molecular flexibility index (Phi) is 4.25. The maximum Gasteiger partial charge on any atom is 0.228 e. The van der Waals surface area contributed by atoms with Gasteiger partial charge in [-0.15, -0.1) is 0 Å². The van der Waals surface area contributed by atoms with E-state index in [1.807, 2.05) is 67.0 Å². The number of pyridine rings is 1. The average Bonchev–Trinajstić information content (AvgIpc) is 3.06. The van der Waals surface area contributed by atoms with Crippen molar-refractivity contribution in [2.75, 3.05) is 4.90 Å². The van der Waals surface area contributed by atoms with Gasteiger partial charge in [0, 0.05) is 35.8 Å². The van der Waals surface area contributed by atoms with Crippen molar-refractivity contribution in [3.63, 3.8) is 0 Å². The van der Waals surface area contributed by atoms with Crippen LogP contribution in [0, 0.1) is 0 Å². The third kappa shape index (κ3) is 2.90. The molecule has 0 radical (unpaired) electrons. The standard InChI is InChI=1S/C26H18N2O2/c1-17(29)28-24-9-5-4-8-22(24)26(30)25(28)14-18-10-12-19(13-11-18)23-16-27-15-20-6-2-3-7-21(20)23/h2-16H,1H3/b25-14-. The Hall–Kier alpha value is -4.05. The van der Waals surface area contributed by atoms with Crippen LogP contribution in [0.3, 0.4) is 0 Å². The highest BCUT2D eigenvalue weighted by molar-refractivity contribution is 6.26. The van der Waals surface area contributed by atoms with Crippen LogP contribution in [0.1, 0.15) is 22.8 Å². The zero-order valence-corrected chi connectivity index (χ0v) is 16.4. The van der Waals surface area contributed by atoms with E-state index >= 15 is 0 Å². The predicted octanol–water partition coefficient (Wildman–Crippen LogP) is 5.49. The van der Waals surface area contributed by atoms with Crippen molar-refractivity contribution in [2.45, 2.75) is 6.92 Å². The Morgan fingerprint density at radius 2 is 1.60 bits per heavy atom. The normalized spacial score (nSPS) is 14.4. The molecule has 1 amide bonds. The van der Waals surface area contributed by atoms with Gasteiger partial charge in [0.15, 0.2) is 0 Å². The maximum atomic E-state index is 12.9. The largest absolute Gasteiger partial charge is 0.287 e. The first kappa shape index (κ1) is 18.0. The summed E-state index contributed by atoms with van der Waals surface area (Å²) < 4.78 is 0. The highest BCUT2D eigenvalue weighted by Crippen LogP contribution is 2.35. The van der Waals surface area contributed by atoms with E-state index in [2.05, 4.69) is 11.1 Å². The van der Waals surface area contributed by atoms with Crippen LogP contribution in [0.15, 0.2) is 90.9 Å². The van der Waals surface area contributed by atoms with E-state index in [0.717, 1.165) is 27.5 Å². The second kappa shape index (κ2) is 7.08. The molecule has 0 N–H and O–H groups in total. The Morgan fingerprint density at radius 3 is 2.40 bits per heavy atom. The van der Waals surface area contributed by atoms with Crippen LogP contribution in [0.5, 0.6) is 0 Å². The molecule has 4 aromatic rings. The Balaban J connectivity index is 1.54. The molecule has 0 bridgehead atoms. The lowest BCUT2D eigenvalue weighted by Crippen LogP contribution is -2.25. The molecule has 1 aliphatic rings. The number of anilines is 1. The number of rotatable bonds is 2. The molecule has 3 aromatic carbocycles. The molecule has 0 unspecified atom stereocenters. The summed E-state index contributed by atoms with van der Waals surface area (Å²) in [5, 5.41) is 2.23. The molecule has 0 saturated heterocycles. The number of hydrogen-bond acceptors (Lipinski definition) is 3. The second-order valence-electron chi connectivity index (χ2n) is 7.26. The molecule has 144 valence electrons. The summed E-state index contributed by atoms with van der Waals surface area (Å²) in [5.41, 5.74) is 4.53. The van der Waals surface area contributed by atoms with Crippen molar-refractivity contribution >= 4 is 34.2 Å². The molecule has 0 aliphatic carbocycles. The minimum Gasteiger partial charge on any atom is -0.287 e. The van der Waals surface area contributed by atoms with Crippen molar-refractivity contribution < 1.29 is 9.59 Å². The summed E-state index contributed by atoms with van der Waals surface area (Å²) in [4.78, 5) is 31.0. The van der Waals surface area contributed by atoms with E-state index in [4.69, 9.17) is 0 Å². The fourth-order valence-electron chi connectivity index (χ4n) is 3.96. The average molecular weight is 390 g/mol. The molecule has 4 nitrogen and oxygen atoms in total. The lowest BCUT2D eigenvalue weighted by molar-refractivity contribution is -0.116. The van der Waals surface area contributed by atoms with E-state index in [1.54, 1.807) is 18.2 Å². The van der Waals surface area contributed by atoms with Gasteiger partial charge in [0.2, 0.25) is 11.7 Å². The van der Waals surface area contributed by atoms with Crippen LogP contribution in [-0.2, 0) is 4.79 Å². The number of aromatic nitrogens is 1. The molecule has 2 heterocycles. The summed E-state index contributed by atoms with van der Waals surface area (Å²) in [6.45, 7) is 1.47. The molecule has 0 fully saturated rings. The van der Waals surface area contributed by atoms with E-state index in [-0.39, 0.29) is 11.7 Å². The van der Waals surface area contributed by atoms with Gasteiger partial charge in [0.05, 0.1) is 11.4 Å². The van der Waals surface area contributed by atoms with E-state index in [0.29, 0.717) is 16.9 Å². The van der Waals surface area contributed by atoms with Gasteiger partial charge in [-0.25, -0.2) is 0 Å². The van der Waals surface area contributed by atoms with Crippen LogP contribution >= 0.6 is 0 Å². The minimum atomic E-state index is -0.182. The first-order valence-electron chi connectivity index (χ1n) is 9.73. The smallest absolute Gasteiger partial charge is 0.228 e. The number of allylic oxidation sites excluding steroid dienone is 1. The molecular formula is C26H18N2O2. The molecule has 0 spiro atoms. The van der Waals surface area contributed by atoms with Gasteiger partial charge in [-0.05, 0) is 34.7 Å².